The number of hydrogen-bond donors (Lipinski definition) is 0. The Bertz CT molecular complexity index is 426. The van der Waals surface area contributed by atoms with Crippen molar-refractivity contribution in [3.63, 3.8) is 0 Å². The normalized spacial score (nSPS) is 35.8. The predicted molar refractivity (Wildman–Crippen MR) is 81.9 cm³/mol. The van der Waals surface area contributed by atoms with Crippen LogP contribution < -0.4 is 0 Å². The third kappa shape index (κ3) is 3.53. The van der Waals surface area contributed by atoms with Gasteiger partial charge in [-0.2, -0.15) is 0 Å². The van der Waals surface area contributed by atoms with Gasteiger partial charge in [-0.15, -0.1) is 0 Å². The summed E-state index contributed by atoms with van der Waals surface area (Å²) in [5.41, 5.74) is 0. The molecule has 0 aliphatic heterocycles. The summed E-state index contributed by atoms with van der Waals surface area (Å²) in [4.78, 5) is 23.4. The Labute approximate surface area is 132 Å². The van der Waals surface area contributed by atoms with Crippen molar-refractivity contribution < 1.29 is 19.1 Å². The van der Waals surface area contributed by atoms with Crippen LogP contribution in [-0.4, -0.2) is 24.6 Å². The van der Waals surface area contributed by atoms with E-state index >= 15 is 0 Å². The Kier molecular flexibility index (Phi) is 4.84. The zero-order chi connectivity index (χ0) is 15.5. The second-order valence-corrected chi connectivity index (χ2v) is 7.19. The molecule has 4 heteroatoms. The van der Waals surface area contributed by atoms with Crippen LogP contribution in [0.25, 0.3) is 0 Å². The van der Waals surface area contributed by atoms with E-state index in [1.807, 2.05) is 6.92 Å². The van der Waals surface area contributed by atoms with E-state index in [1.165, 1.54) is 44.3 Å². The minimum absolute atomic E-state index is 0.0704. The molecule has 4 nitrogen and oxygen atoms in total. The summed E-state index contributed by atoms with van der Waals surface area (Å²) in [5, 5.41) is 0. The molecule has 22 heavy (non-hydrogen) atoms. The van der Waals surface area contributed by atoms with E-state index in [2.05, 4.69) is 0 Å². The van der Waals surface area contributed by atoms with E-state index in [1.54, 1.807) is 0 Å². The van der Waals surface area contributed by atoms with Gasteiger partial charge in [-0.25, -0.2) is 9.59 Å². The van der Waals surface area contributed by atoms with Gasteiger partial charge in [0.1, 0.15) is 6.10 Å². The topological polar surface area (TPSA) is 52.6 Å². The summed E-state index contributed by atoms with van der Waals surface area (Å²) in [6.45, 7) is 2.44. The maximum atomic E-state index is 12.0. The summed E-state index contributed by atoms with van der Waals surface area (Å²) in [6.07, 6.45) is 10.6. The molecule has 0 N–H and O–H groups in total. The third-order valence-corrected chi connectivity index (χ3v) is 5.49. The summed E-state index contributed by atoms with van der Waals surface area (Å²) < 4.78 is 10.7. The van der Waals surface area contributed by atoms with Gasteiger partial charge in [0.25, 0.3) is 0 Å². The number of hydrogen-bond acceptors (Lipinski definition) is 4. The fourth-order valence-corrected chi connectivity index (χ4v) is 4.74. The molecule has 0 spiro atoms. The third-order valence-electron chi connectivity index (χ3n) is 5.49. The zero-order valence-corrected chi connectivity index (χ0v) is 13.3. The van der Waals surface area contributed by atoms with Crippen LogP contribution in [0.2, 0.25) is 0 Å². The molecule has 0 heterocycles. The smallest absolute Gasteiger partial charge is 0.331 e. The van der Waals surface area contributed by atoms with Gasteiger partial charge in [0.15, 0.2) is 0 Å². The van der Waals surface area contributed by atoms with Crippen LogP contribution in [0.5, 0.6) is 0 Å². The van der Waals surface area contributed by atoms with Crippen LogP contribution in [0.4, 0.5) is 0 Å². The first-order valence-electron chi connectivity index (χ1n) is 8.71. The standard InChI is InChI=1S/C18H26O4/c1-2-3-6-21-16(19)4-5-17(20)22-18-14-8-12-7-13(10-14)11-15(18)9-12/h4-5,12-15,18H,2-3,6-11H2,1H3/b5-4+. The van der Waals surface area contributed by atoms with Crippen LogP contribution in [0.3, 0.4) is 0 Å². The Hall–Kier alpha value is -1.32. The molecule has 0 unspecified atom stereocenters. The Morgan fingerprint density at radius 1 is 0.955 bits per heavy atom. The van der Waals surface area contributed by atoms with Gasteiger partial charge in [-0.05, 0) is 62.2 Å². The van der Waals surface area contributed by atoms with E-state index < -0.39 is 11.9 Å². The fourth-order valence-electron chi connectivity index (χ4n) is 4.74. The highest BCUT2D eigenvalue weighted by Crippen LogP contribution is 2.54. The van der Waals surface area contributed by atoms with E-state index in [4.69, 9.17) is 9.47 Å². The molecular formula is C18H26O4. The lowest BCUT2D eigenvalue weighted by molar-refractivity contribution is -0.165. The van der Waals surface area contributed by atoms with Gasteiger partial charge in [0, 0.05) is 12.2 Å². The lowest BCUT2D eigenvalue weighted by Crippen LogP contribution is -2.49. The van der Waals surface area contributed by atoms with Crippen molar-refractivity contribution in [1.82, 2.24) is 0 Å². The van der Waals surface area contributed by atoms with Crippen LogP contribution in [0.15, 0.2) is 12.2 Å². The fraction of sp³-hybridized carbons (Fsp3) is 0.778. The summed E-state index contributed by atoms with van der Waals surface area (Å²) in [5.74, 6) is 1.96. The number of rotatable bonds is 6. The summed E-state index contributed by atoms with van der Waals surface area (Å²) in [6, 6.07) is 0. The van der Waals surface area contributed by atoms with Crippen LogP contribution >= 0.6 is 0 Å². The van der Waals surface area contributed by atoms with Gasteiger partial charge >= 0.3 is 11.9 Å². The average molecular weight is 306 g/mol. The minimum atomic E-state index is -0.463. The number of ether oxygens (including phenoxy) is 2. The molecule has 0 aromatic heterocycles. The number of carbonyl (C=O) groups excluding carboxylic acids is 2. The highest BCUT2D eigenvalue weighted by Gasteiger charge is 2.49. The van der Waals surface area contributed by atoms with Crippen molar-refractivity contribution in [3.05, 3.63) is 12.2 Å². The second-order valence-electron chi connectivity index (χ2n) is 7.19. The van der Waals surface area contributed by atoms with Gasteiger partial charge in [-0.1, -0.05) is 13.3 Å². The maximum absolute atomic E-state index is 12.0. The first-order chi connectivity index (χ1) is 10.7. The number of esters is 2. The first kappa shape index (κ1) is 15.6. The zero-order valence-electron chi connectivity index (χ0n) is 13.3. The quantitative estimate of drug-likeness (QED) is 0.429. The molecule has 122 valence electrons. The van der Waals surface area contributed by atoms with Crippen molar-refractivity contribution in [2.75, 3.05) is 6.61 Å². The highest BCUT2D eigenvalue weighted by atomic mass is 16.5. The van der Waals surface area contributed by atoms with Crippen molar-refractivity contribution in [2.24, 2.45) is 23.7 Å². The van der Waals surface area contributed by atoms with Crippen LogP contribution in [0.1, 0.15) is 51.9 Å². The Morgan fingerprint density at radius 2 is 1.55 bits per heavy atom. The maximum Gasteiger partial charge on any atom is 0.331 e. The summed E-state index contributed by atoms with van der Waals surface area (Å²) in [7, 11) is 0. The SMILES string of the molecule is CCCCOC(=O)/C=C/C(=O)OC1C2CC3CC(C2)CC1C3. The largest absolute Gasteiger partial charge is 0.463 e. The van der Waals surface area contributed by atoms with Gasteiger partial charge in [0.2, 0.25) is 0 Å². The molecule has 0 saturated heterocycles. The van der Waals surface area contributed by atoms with Crippen LogP contribution in [0, 0.1) is 23.7 Å². The molecule has 0 atom stereocenters. The molecule has 4 aliphatic rings. The first-order valence-corrected chi connectivity index (χ1v) is 8.71. The molecule has 0 amide bonds. The molecule has 0 radical (unpaired) electrons. The second kappa shape index (κ2) is 6.84. The Balaban J connectivity index is 1.47. The van der Waals surface area contributed by atoms with Crippen molar-refractivity contribution >= 4 is 11.9 Å². The van der Waals surface area contributed by atoms with E-state index in [9.17, 15) is 9.59 Å². The molecule has 4 aliphatic carbocycles. The van der Waals surface area contributed by atoms with Crippen LogP contribution in [-0.2, 0) is 19.1 Å². The molecule has 0 aromatic rings. The van der Waals surface area contributed by atoms with Crippen molar-refractivity contribution in [3.8, 4) is 0 Å². The molecular weight excluding hydrogens is 280 g/mol. The van der Waals surface area contributed by atoms with Gasteiger partial charge in [0.05, 0.1) is 6.61 Å². The predicted octanol–water partition coefficient (Wildman–Crippen LogP) is 3.25. The van der Waals surface area contributed by atoms with Gasteiger partial charge in [-0.3, -0.25) is 0 Å². The molecule has 4 saturated carbocycles. The molecule has 0 aromatic carbocycles. The summed E-state index contributed by atoms with van der Waals surface area (Å²) >= 11 is 0. The van der Waals surface area contributed by atoms with E-state index in [0.717, 1.165) is 24.7 Å². The minimum Gasteiger partial charge on any atom is -0.463 e. The van der Waals surface area contributed by atoms with Crippen molar-refractivity contribution in [1.29, 1.82) is 0 Å². The lowest BCUT2D eigenvalue weighted by Gasteiger charge is -2.53. The highest BCUT2D eigenvalue weighted by molar-refractivity contribution is 5.91. The Morgan fingerprint density at radius 3 is 2.14 bits per heavy atom. The molecule has 4 fully saturated rings. The number of carbonyl (C=O) groups is 2. The monoisotopic (exact) mass is 306 g/mol. The average Bonchev–Trinajstić information content (AvgIpc) is 2.48. The van der Waals surface area contributed by atoms with E-state index in [-0.39, 0.29) is 6.10 Å². The van der Waals surface area contributed by atoms with E-state index in [0.29, 0.717) is 18.4 Å². The van der Waals surface area contributed by atoms with Crippen molar-refractivity contribution in [2.45, 2.75) is 58.0 Å². The molecule has 4 rings (SSSR count). The lowest BCUT2D eigenvalue weighted by atomic mass is 9.55. The van der Waals surface area contributed by atoms with Gasteiger partial charge < -0.3 is 9.47 Å². The molecule has 4 bridgehead atoms. The number of unbranched alkanes of at least 4 members (excludes halogenated alkanes) is 1.